The second-order valence-electron chi connectivity index (χ2n) is 10.0. The van der Waals surface area contributed by atoms with E-state index in [9.17, 15) is 17.2 Å². The predicted molar refractivity (Wildman–Crippen MR) is 131 cm³/mol. The van der Waals surface area contributed by atoms with Gasteiger partial charge in [-0.1, -0.05) is 12.1 Å². The van der Waals surface area contributed by atoms with Crippen LogP contribution in [0.1, 0.15) is 44.0 Å². The van der Waals surface area contributed by atoms with Gasteiger partial charge in [-0.25, -0.2) is 13.4 Å². The van der Waals surface area contributed by atoms with Crippen LogP contribution in [-0.4, -0.2) is 55.2 Å². The highest BCUT2D eigenvalue weighted by Gasteiger charge is 2.53. The van der Waals surface area contributed by atoms with Gasteiger partial charge in [-0.3, -0.25) is 0 Å². The molecule has 6 rings (SSSR count). The second-order valence-corrected chi connectivity index (χ2v) is 11.8. The molecule has 37 heavy (non-hydrogen) atoms. The number of aromatic amines is 1. The lowest BCUT2D eigenvalue weighted by Gasteiger charge is -2.33. The molecule has 8 nitrogen and oxygen atoms in total. The number of ether oxygens (including phenoxy) is 3. The van der Waals surface area contributed by atoms with Crippen molar-refractivity contribution in [3.8, 4) is 11.5 Å². The first kappa shape index (κ1) is 24.6. The lowest BCUT2D eigenvalue weighted by Crippen LogP contribution is -2.40. The number of nitrogens with zero attached hydrogens (tertiary/aromatic N) is 2. The van der Waals surface area contributed by atoms with Crippen LogP contribution in [0.2, 0.25) is 0 Å². The summed E-state index contributed by atoms with van der Waals surface area (Å²) in [5, 5.41) is 0. The maximum absolute atomic E-state index is 13.8. The number of hydrogen-bond donors (Lipinski definition) is 1. The van der Waals surface area contributed by atoms with Crippen molar-refractivity contribution in [3.05, 3.63) is 48.3 Å². The summed E-state index contributed by atoms with van der Waals surface area (Å²) in [6.45, 7) is -0.963. The van der Waals surface area contributed by atoms with Crippen molar-refractivity contribution in [2.75, 3.05) is 19.8 Å². The molecular formula is C26H29F2N3O5S. The van der Waals surface area contributed by atoms with Gasteiger partial charge in [-0.15, -0.1) is 0 Å². The van der Waals surface area contributed by atoms with E-state index in [-0.39, 0.29) is 22.6 Å². The van der Waals surface area contributed by atoms with Gasteiger partial charge in [0, 0.05) is 25.3 Å². The van der Waals surface area contributed by atoms with E-state index < -0.39 is 22.7 Å². The van der Waals surface area contributed by atoms with Gasteiger partial charge in [-0.2, -0.15) is 13.1 Å². The third-order valence-corrected chi connectivity index (χ3v) is 9.65. The number of para-hydroxylation sites is 1. The molecule has 0 unspecified atom stereocenters. The minimum Gasteiger partial charge on any atom is -0.491 e. The molecule has 2 aliphatic heterocycles. The zero-order valence-electron chi connectivity index (χ0n) is 20.2. The number of H-pyrrole nitrogens is 1. The number of alkyl halides is 2. The summed E-state index contributed by atoms with van der Waals surface area (Å²) in [7, 11) is -3.99. The minimum atomic E-state index is -3.99. The summed E-state index contributed by atoms with van der Waals surface area (Å²) in [6.07, 6.45) is 4.32. The fraction of sp³-hybridized carbons (Fsp3) is 0.500. The van der Waals surface area contributed by atoms with Crippen LogP contribution >= 0.6 is 0 Å². The molecule has 0 radical (unpaired) electrons. The summed E-state index contributed by atoms with van der Waals surface area (Å²) in [4.78, 5) is 8.14. The quantitative estimate of drug-likeness (QED) is 0.444. The van der Waals surface area contributed by atoms with E-state index in [0.29, 0.717) is 29.6 Å². The first-order valence-electron chi connectivity index (χ1n) is 12.7. The number of fused-ring (bicyclic) bond motifs is 3. The van der Waals surface area contributed by atoms with Gasteiger partial charge in [0.2, 0.25) is 10.0 Å². The Labute approximate surface area is 214 Å². The van der Waals surface area contributed by atoms with E-state index in [2.05, 4.69) is 9.72 Å². The molecule has 11 heteroatoms. The van der Waals surface area contributed by atoms with Crippen LogP contribution in [0.5, 0.6) is 11.5 Å². The highest BCUT2D eigenvalue weighted by Crippen LogP contribution is 2.52. The zero-order valence-corrected chi connectivity index (χ0v) is 21.0. The summed E-state index contributed by atoms with van der Waals surface area (Å²) in [5.41, 5.74) is 1.46. The Morgan fingerprint density at radius 3 is 2.73 bits per heavy atom. The zero-order chi connectivity index (χ0) is 25.6. The topological polar surface area (TPSA) is 93.8 Å². The Bertz CT molecular complexity index is 1380. The molecule has 198 valence electrons. The Kier molecular flexibility index (Phi) is 6.54. The molecule has 3 aliphatic rings. The first-order chi connectivity index (χ1) is 17.9. The van der Waals surface area contributed by atoms with Crippen molar-refractivity contribution in [2.24, 2.45) is 11.8 Å². The number of halogens is 2. The van der Waals surface area contributed by atoms with E-state index in [0.717, 1.165) is 56.9 Å². The number of benzene rings is 2. The van der Waals surface area contributed by atoms with Gasteiger partial charge in [0.15, 0.2) is 0 Å². The van der Waals surface area contributed by atoms with Gasteiger partial charge >= 0.3 is 6.61 Å². The largest absolute Gasteiger partial charge is 0.491 e. The van der Waals surface area contributed by atoms with Crippen LogP contribution in [0.4, 0.5) is 8.78 Å². The van der Waals surface area contributed by atoms with Crippen molar-refractivity contribution >= 4 is 21.1 Å². The molecule has 0 spiro atoms. The normalized spacial score (nSPS) is 24.8. The fourth-order valence-electron chi connectivity index (χ4n) is 5.97. The molecule has 2 aromatic carbocycles. The SMILES string of the molecule is O=S(=O)(c1cccc(OC(F)F)c1)N1[C@@H]2CC[C@@H](C2)[C@H]1c1nc2c(OCC3CCOCC3)cccc2[nH]1. The monoisotopic (exact) mass is 533 g/mol. The van der Waals surface area contributed by atoms with Crippen LogP contribution in [0, 0.1) is 11.8 Å². The van der Waals surface area contributed by atoms with Crippen LogP contribution in [-0.2, 0) is 14.8 Å². The highest BCUT2D eigenvalue weighted by molar-refractivity contribution is 7.89. The van der Waals surface area contributed by atoms with Crippen molar-refractivity contribution in [1.82, 2.24) is 14.3 Å². The van der Waals surface area contributed by atoms with E-state index in [1.165, 1.54) is 22.5 Å². The van der Waals surface area contributed by atoms with E-state index in [4.69, 9.17) is 14.5 Å². The Hall–Kier alpha value is -2.76. The number of piperidine rings is 1. The van der Waals surface area contributed by atoms with Crippen LogP contribution in [0.15, 0.2) is 47.4 Å². The first-order valence-corrected chi connectivity index (χ1v) is 14.1. The molecule has 3 heterocycles. The molecule has 1 aliphatic carbocycles. The number of rotatable bonds is 8. The molecular weight excluding hydrogens is 504 g/mol. The standard InChI is InChI=1S/C26H29F2N3O5S/c27-26(28)36-19-3-1-4-20(14-19)37(32,33)31-18-8-7-17(13-18)24(31)25-29-21-5-2-6-22(23(21)30-25)35-15-16-9-11-34-12-10-16/h1-6,14,16-18,24,26H,7-13,15H2,(H,29,30)/t17-,18+,24-/m0/s1. The Balaban J connectivity index is 1.31. The van der Waals surface area contributed by atoms with Gasteiger partial charge in [0.25, 0.3) is 0 Å². The third-order valence-electron chi connectivity index (χ3n) is 7.72. The minimum absolute atomic E-state index is 0.0696. The van der Waals surface area contributed by atoms with Gasteiger partial charge in [0.05, 0.1) is 23.1 Å². The molecule has 1 saturated carbocycles. The number of hydrogen-bond acceptors (Lipinski definition) is 6. The predicted octanol–water partition coefficient (Wildman–Crippen LogP) is 4.88. The van der Waals surface area contributed by atoms with E-state index >= 15 is 0 Å². The average molecular weight is 534 g/mol. The number of aromatic nitrogens is 2. The summed E-state index contributed by atoms with van der Waals surface area (Å²) in [6, 6.07) is 10.4. The van der Waals surface area contributed by atoms with Crippen molar-refractivity contribution in [3.63, 3.8) is 0 Å². The molecule has 1 aromatic heterocycles. The summed E-state index contributed by atoms with van der Waals surface area (Å²) >= 11 is 0. The number of nitrogens with one attached hydrogen (secondary N) is 1. The second kappa shape index (κ2) is 9.85. The molecule has 3 fully saturated rings. The fourth-order valence-corrected chi connectivity index (χ4v) is 7.88. The maximum Gasteiger partial charge on any atom is 0.387 e. The van der Waals surface area contributed by atoms with Gasteiger partial charge in [-0.05, 0) is 68.2 Å². The van der Waals surface area contributed by atoms with Crippen molar-refractivity contribution in [2.45, 2.75) is 55.7 Å². The Morgan fingerprint density at radius 2 is 1.92 bits per heavy atom. The average Bonchev–Trinajstić information content (AvgIpc) is 3.62. The smallest absolute Gasteiger partial charge is 0.387 e. The number of imidazole rings is 1. The maximum atomic E-state index is 13.8. The van der Waals surface area contributed by atoms with Crippen LogP contribution < -0.4 is 9.47 Å². The molecule has 2 saturated heterocycles. The third kappa shape index (κ3) is 4.68. The van der Waals surface area contributed by atoms with Crippen molar-refractivity contribution in [1.29, 1.82) is 0 Å². The molecule has 2 bridgehead atoms. The van der Waals surface area contributed by atoms with Gasteiger partial charge < -0.3 is 19.2 Å². The van der Waals surface area contributed by atoms with Crippen LogP contribution in [0.3, 0.4) is 0 Å². The summed E-state index contributed by atoms with van der Waals surface area (Å²) < 4.78 is 70.7. The highest BCUT2D eigenvalue weighted by atomic mass is 32.2. The van der Waals surface area contributed by atoms with E-state index in [1.54, 1.807) is 0 Å². The van der Waals surface area contributed by atoms with E-state index in [1.807, 2.05) is 18.2 Å². The Morgan fingerprint density at radius 1 is 1.11 bits per heavy atom. The lowest BCUT2D eigenvalue weighted by atomic mass is 9.99. The van der Waals surface area contributed by atoms with Crippen LogP contribution in [0.25, 0.3) is 11.0 Å². The van der Waals surface area contributed by atoms with Crippen molar-refractivity contribution < 1.29 is 31.4 Å². The molecule has 1 N–H and O–H groups in total. The lowest BCUT2D eigenvalue weighted by molar-refractivity contribution is -0.0500. The van der Waals surface area contributed by atoms with Gasteiger partial charge in [0.1, 0.15) is 22.8 Å². The molecule has 0 amide bonds. The molecule has 3 aromatic rings. The summed E-state index contributed by atoms with van der Waals surface area (Å²) in [5.74, 6) is 1.60. The number of sulfonamides is 1. The molecule has 3 atom stereocenters.